The molecule has 0 atom stereocenters. The van der Waals surface area contributed by atoms with Gasteiger partial charge in [0.2, 0.25) is 0 Å². The standard InChI is InChI=1S/C12H9IO3S/c13-9-1-3-10(4-2-9)16-7-8-5-6-17-11(8)12(14)15/h1-6H,7H2,(H,14,15). The quantitative estimate of drug-likeness (QED) is 0.847. The van der Waals surface area contributed by atoms with E-state index in [1.165, 1.54) is 11.3 Å². The lowest BCUT2D eigenvalue weighted by molar-refractivity contribution is 0.0699. The van der Waals surface area contributed by atoms with Gasteiger partial charge >= 0.3 is 5.97 Å². The molecule has 0 fully saturated rings. The van der Waals surface area contributed by atoms with Crippen LogP contribution in [-0.2, 0) is 6.61 Å². The average Bonchev–Trinajstić information content (AvgIpc) is 2.76. The van der Waals surface area contributed by atoms with E-state index in [4.69, 9.17) is 9.84 Å². The predicted octanol–water partition coefficient (Wildman–Crippen LogP) is 3.63. The van der Waals surface area contributed by atoms with Crippen molar-refractivity contribution in [2.75, 3.05) is 0 Å². The molecule has 1 heterocycles. The van der Waals surface area contributed by atoms with E-state index >= 15 is 0 Å². The smallest absolute Gasteiger partial charge is 0.346 e. The molecule has 0 aliphatic carbocycles. The van der Waals surface area contributed by atoms with Gasteiger partial charge in [0.25, 0.3) is 0 Å². The Morgan fingerprint density at radius 2 is 2.00 bits per heavy atom. The zero-order valence-electron chi connectivity index (χ0n) is 8.72. The van der Waals surface area contributed by atoms with Gasteiger partial charge in [-0.3, -0.25) is 0 Å². The fourth-order valence-electron chi connectivity index (χ4n) is 1.33. The number of ether oxygens (including phenoxy) is 1. The Bertz CT molecular complexity index is 519. The van der Waals surface area contributed by atoms with Crippen LogP contribution in [0.15, 0.2) is 35.7 Å². The molecule has 1 aromatic carbocycles. The molecule has 0 aliphatic rings. The normalized spacial score (nSPS) is 10.2. The van der Waals surface area contributed by atoms with Crippen LogP contribution in [0.25, 0.3) is 0 Å². The van der Waals surface area contributed by atoms with Crippen molar-refractivity contribution >= 4 is 39.9 Å². The summed E-state index contributed by atoms with van der Waals surface area (Å²) in [5.74, 6) is -0.158. The molecule has 2 rings (SSSR count). The van der Waals surface area contributed by atoms with Gasteiger partial charge < -0.3 is 9.84 Å². The summed E-state index contributed by atoms with van der Waals surface area (Å²) in [7, 11) is 0. The molecule has 0 spiro atoms. The van der Waals surface area contributed by atoms with Crippen LogP contribution in [0.5, 0.6) is 5.75 Å². The van der Waals surface area contributed by atoms with Crippen molar-refractivity contribution in [1.29, 1.82) is 0 Å². The van der Waals surface area contributed by atoms with E-state index in [-0.39, 0.29) is 6.61 Å². The molecule has 3 nitrogen and oxygen atoms in total. The first-order valence-electron chi connectivity index (χ1n) is 4.85. The van der Waals surface area contributed by atoms with Gasteiger partial charge in [-0.05, 0) is 58.3 Å². The van der Waals surface area contributed by atoms with Crippen LogP contribution in [-0.4, -0.2) is 11.1 Å². The van der Waals surface area contributed by atoms with Crippen LogP contribution < -0.4 is 4.74 Å². The van der Waals surface area contributed by atoms with Gasteiger partial charge in [-0.15, -0.1) is 11.3 Å². The van der Waals surface area contributed by atoms with Crippen LogP contribution in [0.4, 0.5) is 0 Å². The number of rotatable bonds is 4. The largest absolute Gasteiger partial charge is 0.489 e. The minimum absolute atomic E-state index is 0.283. The summed E-state index contributed by atoms with van der Waals surface area (Å²) >= 11 is 3.43. The van der Waals surface area contributed by atoms with Crippen molar-refractivity contribution in [3.63, 3.8) is 0 Å². The molecular formula is C12H9IO3S. The molecule has 0 aliphatic heterocycles. The third-order valence-electron chi connectivity index (χ3n) is 2.15. The van der Waals surface area contributed by atoms with Crippen LogP contribution in [0.1, 0.15) is 15.2 Å². The molecule has 0 saturated heterocycles. The van der Waals surface area contributed by atoms with E-state index in [0.29, 0.717) is 10.4 Å². The molecule has 2 aromatic rings. The molecule has 0 bridgehead atoms. The molecule has 1 N–H and O–H groups in total. The van der Waals surface area contributed by atoms with E-state index in [1.807, 2.05) is 24.3 Å². The van der Waals surface area contributed by atoms with E-state index in [1.54, 1.807) is 11.4 Å². The Kier molecular flexibility index (Phi) is 4.01. The maximum atomic E-state index is 10.9. The third-order valence-corrected chi connectivity index (χ3v) is 3.81. The fraction of sp³-hybridized carbons (Fsp3) is 0.0833. The van der Waals surface area contributed by atoms with E-state index in [2.05, 4.69) is 22.6 Å². The molecule has 17 heavy (non-hydrogen) atoms. The second-order valence-corrected chi connectivity index (χ2v) is 5.48. The minimum Gasteiger partial charge on any atom is -0.489 e. The fourth-order valence-corrected chi connectivity index (χ4v) is 2.44. The highest BCUT2D eigenvalue weighted by molar-refractivity contribution is 14.1. The molecule has 0 radical (unpaired) electrons. The van der Waals surface area contributed by atoms with Crippen molar-refractivity contribution in [2.24, 2.45) is 0 Å². The Labute approximate surface area is 116 Å². The van der Waals surface area contributed by atoms with Crippen LogP contribution in [0.2, 0.25) is 0 Å². The summed E-state index contributed by atoms with van der Waals surface area (Å²) < 4.78 is 6.67. The third kappa shape index (κ3) is 3.19. The zero-order chi connectivity index (χ0) is 12.3. The Balaban J connectivity index is 2.05. The van der Waals surface area contributed by atoms with E-state index in [0.717, 1.165) is 9.32 Å². The van der Waals surface area contributed by atoms with Gasteiger partial charge in [-0.2, -0.15) is 0 Å². The zero-order valence-corrected chi connectivity index (χ0v) is 11.7. The lowest BCUT2D eigenvalue weighted by Gasteiger charge is -2.05. The van der Waals surface area contributed by atoms with Gasteiger partial charge in [-0.25, -0.2) is 4.79 Å². The Morgan fingerprint density at radius 1 is 1.29 bits per heavy atom. The average molecular weight is 360 g/mol. The first kappa shape index (κ1) is 12.4. The molecular weight excluding hydrogens is 351 g/mol. The van der Waals surface area contributed by atoms with Crippen LogP contribution in [0, 0.1) is 3.57 Å². The van der Waals surface area contributed by atoms with Crippen molar-refractivity contribution in [3.8, 4) is 5.75 Å². The lowest BCUT2D eigenvalue weighted by atomic mass is 10.3. The van der Waals surface area contributed by atoms with Gasteiger partial charge in [-0.1, -0.05) is 0 Å². The highest BCUT2D eigenvalue weighted by atomic mass is 127. The number of hydrogen-bond donors (Lipinski definition) is 1. The summed E-state index contributed by atoms with van der Waals surface area (Å²) in [6.45, 7) is 0.283. The SMILES string of the molecule is O=C(O)c1sccc1COc1ccc(I)cc1. The monoisotopic (exact) mass is 360 g/mol. The molecule has 0 unspecified atom stereocenters. The summed E-state index contributed by atoms with van der Waals surface area (Å²) in [5.41, 5.74) is 0.709. The molecule has 5 heteroatoms. The van der Waals surface area contributed by atoms with Crippen molar-refractivity contribution in [1.82, 2.24) is 0 Å². The first-order chi connectivity index (χ1) is 8.16. The molecule has 0 saturated carbocycles. The molecule has 0 amide bonds. The summed E-state index contributed by atoms with van der Waals surface area (Å²) in [5, 5.41) is 10.7. The van der Waals surface area contributed by atoms with Gasteiger partial charge in [0, 0.05) is 9.13 Å². The number of hydrogen-bond acceptors (Lipinski definition) is 3. The number of carboxylic acid groups (broad SMARTS) is 1. The van der Waals surface area contributed by atoms with Gasteiger partial charge in [0.15, 0.2) is 0 Å². The highest BCUT2D eigenvalue weighted by Crippen LogP contribution is 2.20. The van der Waals surface area contributed by atoms with E-state index < -0.39 is 5.97 Å². The van der Waals surface area contributed by atoms with Gasteiger partial charge in [0.05, 0.1) is 0 Å². The molecule has 1 aromatic heterocycles. The maximum Gasteiger partial charge on any atom is 0.346 e. The Hall–Kier alpha value is -1.08. The predicted molar refractivity (Wildman–Crippen MR) is 74.8 cm³/mol. The number of carboxylic acids is 1. The summed E-state index contributed by atoms with van der Waals surface area (Å²) in [4.78, 5) is 11.2. The second-order valence-electron chi connectivity index (χ2n) is 3.32. The van der Waals surface area contributed by atoms with Crippen molar-refractivity contribution in [3.05, 3.63) is 49.7 Å². The van der Waals surface area contributed by atoms with Gasteiger partial charge in [0.1, 0.15) is 17.2 Å². The number of carbonyl (C=O) groups is 1. The van der Waals surface area contributed by atoms with Crippen molar-refractivity contribution < 1.29 is 14.6 Å². The Morgan fingerprint density at radius 3 is 2.65 bits per heavy atom. The topological polar surface area (TPSA) is 46.5 Å². The summed E-state index contributed by atoms with van der Waals surface area (Å²) in [6.07, 6.45) is 0. The number of aromatic carboxylic acids is 1. The lowest BCUT2D eigenvalue weighted by Crippen LogP contribution is -2.01. The summed E-state index contributed by atoms with van der Waals surface area (Å²) in [6, 6.07) is 9.41. The number of thiophene rings is 1. The highest BCUT2D eigenvalue weighted by Gasteiger charge is 2.11. The van der Waals surface area contributed by atoms with Crippen molar-refractivity contribution in [2.45, 2.75) is 6.61 Å². The van der Waals surface area contributed by atoms with E-state index in [9.17, 15) is 4.79 Å². The number of benzene rings is 1. The maximum absolute atomic E-state index is 10.9. The minimum atomic E-state index is -0.902. The second kappa shape index (κ2) is 5.50. The van der Waals surface area contributed by atoms with Crippen LogP contribution in [0.3, 0.4) is 0 Å². The first-order valence-corrected chi connectivity index (χ1v) is 6.80. The van der Waals surface area contributed by atoms with Crippen LogP contribution >= 0.6 is 33.9 Å². The number of halogens is 1. The molecule has 88 valence electrons.